The smallest absolute Gasteiger partial charge is 0.322 e. The van der Waals surface area contributed by atoms with Crippen LogP contribution in [-0.4, -0.2) is 34.3 Å². The molecule has 1 aromatic heterocycles. The standard InChI is InChI=1S/C13H15ClN4O3/c1-13(19,7-5-4-6-8(14)9(7)15)10-16-11(20-2)18-12(17-10)21-3/h4-6,19H,15H2,1-3H3. The summed E-state index contributed by atoms with van der Waals surface area (Å²) in [5, 5.41) is 11.1. The molecule has 1 heterocycles. The predicted octanol–water partition coefficient (Wildman–Crippen LogP) is 1.38. The molecule has 0 aliphatic heterocycles. The van der Waals surface area contributed by atoms with Crippen molar-refractivity contribution in [3.8, 4) is 12.0 Å². The molecule has 1 atom stereocenters. The number of benzene rings is 1. The summed E-state index contributed by atoms with van der Waals surface area (Å²) in [6.45, 7) is 1.50. The van der Waals surface area contributed by atoms with Gasteiger partial charge in [0.25, 0.3) is 0 Å². The molecule has 1 aromatic carbocycles. The quantitative estimate of drug-likeness (QED) is 0.822. The van der Waals surface area contributed by atoms with Crippen molar-refractivity contribution in [3.05, 3.63) is 34.6 Å². The third-order valence-electron chi connectivity index (χ3n) is 2.97. The van der Waals surface area contributed by atoms with Gasteiger partial charge in [-0.25, -0.2) is 0 Å². The van der Waals surface area contributed by atoms with E-state index in [-0.39, 0.29) is 23.5 Å². The van der Waals surface area contributed by atoms with Gasteiger partial charge in [0.05, 0.1) is 24.9 Å². The van der Waals surface area contributed by atoms with Gasteiger partial charge in [-0.1, -0.05) is 23.7 Å². The summed E-state index contributed by atoms with van der Waals surface area (Å²) in [6.07, 6.45) is 0. The second kappa shape index (κ2) is 5.71. The number of anilines is 1. The Kier molecular flexibility index (Phi) is 4.15. The second-order valence-electron chi connectivity index (χ2n) is 4.41. The van der Waals surface area contributed by atoms with Gasteiger partial charge in [0.1, 0.15) is 5.60 Å². The van der Waals surface area contributed by atoms with Crippen molar-refractivity contribution in [2.24, 2.45) is 0 Å². The minimum Gasteiger partial charge on any atom is -0.467 e. The molecule has 112 valence electrons. The van der Waals surface area contributed by atoms with Crippen LogP contribution in [0.3, 0.4) is 0 Å². The van der Waals surface area contributed by atoms with Crippen LogP contribution in [0.15, 0.2) is 18.2 Å². The molecule has 1 unspecified atom stereocenters. The highest BCUT2D eigenvalue weighted by molar-refractivity contribution is 6.33. The first-order chi connectivity index (χ1) is 9.90. The van der Waals surface area contributed by atoms with Crippen molar-refractivity contribution in [3.63, 3.8) is 0 Å². The fraction of sp³-hybridized carbons (Fsp3) is 0.308. The van der Waals surface area contributed by atoms with Gasteiger partial charge in [-0.05, 0) is 13.0 Å². The summed E-state index contributed by atoms with van der Waals surface area (Å²) in [7, 11) is 2.81. The Hall–Kier alpha value is -2.12. The lowest BCUT2D eigenvalue weighted by atomic mass is 9.93. The number of rotatable bonds is 4. The Morgan fingerprint density at radius 1 is 1.14 bits per heavy atom. The Morgan fingerprint density at radius 3 is 2.24 bits per heavy atom. The Balaban J connectivity index is 2.60. The first kappa shape index (κ1) is 15.3. The number of nitrogens with two attached hydrogens (primary N) is 1. The molecular formula is C13H15ClN4O3. The number of hydrogen-bond acceptors (Lipinski definition) is 7. The highest BCUT2D eigenvalue weighted by Crippen LogP contribution is 2.35. The Labute approximate surface area is 126 Å². The first-order valence-electron chi connectivity index (χ1n) is 6.01. The number of nitrogen functional groups attached to an aromatic ring is 1. The normalized spacial score (nSPS) is 13.6. The van der Waals surface area contributed by atoms with E-state index in [2.05, 4.69) is 15.0 Å². The average Bonchev–Trinajstić information content (AvgIpc) is 2.49. The van der Waals surface area contributed by atoms with Gasteiger partial charge < -0.3 is 20.3 Å². The lowest BCUT2D eigenvalue weighted by Gasteiger charge is -2.24. The number of methoxy groups -OCH3 is 2. The Morgan fingerprint density at radius 2 is 1.71 bits per heavy atom. The molecule has 0 aliphatic rings. The molecular weight excluding hydrogens is 296 g/mol. The lowest BCUT2D eigenvalue weighted by Crippen LogP contribution is -2.28. The van der Waals surface area contributed by atoms with Gasteiger partial charge in [0, 0.05) is 5.56 Å². The summed E-state index contributed by atoms with van der Waals surface area (Å²) in [6, 6.07) is 5.00. The number of nitrogens with zero attached hydrogens (tertiary/aromatic N) is 3. The summed E-state index contributed by atoms with van der Waals surface area (Å²) >= 11 is 5.99. The van der Waals surface area contributed by atoms with Crippen molar-refractivity contribution < 1.29 is 14.6 Å². The number of aromatic nitrogens is 3. The van der Waals surface area contributed by atoms with Crippen LogP contribution in [-0.2, 0) is 5.60 Å². The van der Waals surface area contributed by atoms with Crippen molar-refractivity contribution in [2.45, 2.75) is 12.5 Å². The van der Waals surface area contributed by atoms with Crippen LogP contribution in [0.2, 0.25) is 5.02 Å². The maximum atomic E-state index is 10.8. The highest BCUT2D eigenvalue weighted by atomic mass is 35.5. The molecule has 0 bridgehead atoms. The van der Waals surface area contributed by atoms with Crippen LogP contribution < -0.4 is 15.2 Å². The van der Waals surface area contributed by atoms with Crippen LogP contribution in [0, 0.1) is 0 Å². The number of hydrogen-bond donors (Lipinski definition) is 2. The molecule has 0 saturated heterocycles. The number of aliphatic hydroxyl groups is 1. The summed E-state index contributed by atoms with van der Waals surface area (Å²) < 4.78 is 9.94. The molecule has 0 saturated carbocycles. The minimum absolute atomic E-state index is 0.0257. The van der Waals surface area contributed by atoms with Crippen molar-refractivity contribution in [1.82, 2.24) is 15.0 Å². The number of para-hydroxylation sites is 1. The third kappa shape index (κ3) is 2.84. The van der Waals surface area contributed by atoms with Gasteiger partial charge in [0.15, 0.2) is 5.82 Å². The maximum absolute atomic E-state index is 10.8. The topological polar surface area (TPSA) is 103 Å². The Bertz CT molecular complexity index is 642. The van der Waals surface area contributed by atoms with Crippen LogP contribution in [0.25, 0.3) is 0 Å². The summed E-state index contributed by atoms with van der Waals surface area (Å²) in [5.74, 6) is 0.0418. The summed E-state index contributed by atoms with van der Waals surface area (Å²) in [4.78, 5) is 12.0. The largest absolute Gasteiger partial charge is 0.467 e. The van der Waals surface area contributed by atoms with Gasteiger partial charge >= 0.3 is 12.0 Å². The van der Waals surface area contributed by atoms with Gasteiger partial charge in [-0.3, -0.25) is 0 Å². The minimum atomic E-state index is -1.58. The zero-order valence-corrected chi connectivity index (χ0v) is 12.5. The highest BCUT2D eigenvalue weighted by Gasteiger charge is 2.33. The number of ether oxygens (including phenoxy) is 2. The van der Waals surface area contributed by atoms with Crippen molar-refractivity contribution in [1.29, 1.82) is 0 Å². The molecule has 0 spiro atoms. The van der Waals surface area contributed by atoms with Gasteiger partial charge in [-0.2, -0.15) is 9.97 Å². The zero-order chi connectivity index (χ0) is 15.6. The molecule has 0 radical (unpaired) electrons. The van der Waals surface area contributed by atoms with E-state index in [4.69, 9.17) is 26.8 Å². The molecule has 7 nitrogen and oxygen atoms in total. The van der Waals surface area contributed by atoms with E-state index in [1.54, 1.807) is 18.2 Å². The van der Waals surface area contributed by atoms with Crippen LogP contribution in [0.1, 0.15) is 18.3 Å². The molecule has 21 heavy (non-hydrogen) atoms. The van der Waals surface area contributed by atoms with Crippen LogP contribution in [0.5, 0.6) is 12.0 Å². The molecule has 8 heteroatoms. The van der Waals surface area contributed by atoms with Crippen molar-refractivity contribution >= 4 is 17.3 Å². The number of halogens is 1. The molecule has 3 N–H and O–H groups in total. The van der Waals surface area contributed by atoms with E-state index in [0.29, 0.717) is 10.6 Å². The van der Waals surface area contributed by atoms with Gasteiger partial charge in [-0.15, -0.1) is 4.98 Å². The fourth-order valence-corrected chi connectivity index (χ4v) is 1.99. The first-order valence-corrected chi connectivity index (χ1v) is 6.39. The van der Waals surface area contributed by atoms with Crippen molar-refractivity contribution in [2.75, 3.05) is 20.0 Å². The third-order valence-corrected chi connectivity index (χ3v) is 3.30. The molecule has 0 aliphatic carbocycles. The van der Waals surface area contributed by atoms with E-state index in [1.165, 1.54) is 21.1 Å². The molecule has 0 amide bonds. The second-order valence-corrected chi connectivity index (χ2v) is 4.81. The molecule has 2 aromatic rings. The van der Waals surface area contributed by atoms with E-state index >= 15 is 0 Å². The van der Waals surface area contributed by atoms with E-state index in [0.717, 1.165) is 0 Å². The predicted molar refractivity (Wildman–Crippen MR) is 77.5 cm³/mol. The van der Waals surface area contributed by atoms with Crippen LogP contribution >= 0.6 is 11.6 Å². The monoisotopic (exact) mass is 310 g/mol. The average molecular weight is 311 g/mol. The van der Waals surface area contributed by atoms with Crippen LogP contribution in [0.4, 0.5) is 5.69 Å². The van der Waals surface area contributed by atoms with E-state index in [9.17, 15) is 5.11 Å². The van der Waals surface area contributed by atoms with Gasteiger partial charge in [0.2, 0.25) is 0 Å². The maximum Gasteiger partial charge on any atom is 0.322 e. The fourth-order valence-electron chi connectivity index (χ4n) is 1.82. The molecule has 0 fully saturated rings. The SMILES string of the molecule is COc1nc(OC)nc(C(C)(O)c2cccc(Cl)c2N)n1. The zero-order valence-electron chi connectivity index (χ0n) is 11.8. The molecule has 2 rings (SSSR count). The summed E-state index contributed by atoms with van der Waals surface area (Å²) in [5.41, 5.74) is 4.97. The lowest BCUT2D eigenvalue weighted by molar-refractivity contribution is 0.0903. The van der Waals surface area contributed by atoms with E-state index in [1.807, 2.05) is 0 Å². The van der Waals surface area contributed by atoms with E-state index < -0.39 is 5.60 Å².